The molecule has 1 aromatic rings. The summed E-state index contributed by atoms with van der Waals surface area (Å²) < 4.78 is 26.9. The SMILES string of the molecule is CNCc1ccc(S(=O)(=O)NCC(C)N(C)C)cc1Cl. The average molecular weight is 320 g/mol. The lowest BCUT2D eigenvalue weighted by molar-refractivity contribution is 0.314. The fourth-order valence-corrected chi connectivity index (χ4v) is 2.98. The average Bonchev–Trinajstić information content (AvgIpc) is 2.38. The van der Waals surface area contributed by atoms with Gasteiger partial charge in [0.15, 0.2) is 0 Å². The Kier molecular flexibility index (Phi) is 6.42. The summed E-state index contributed by atoms with van der Waals surface area (Å²) in [7, 11) is 2.10. The van der Waals surface area contributed by atoms with Gasteiger partial charge >= 0.3 is 0 Å². The van der Waals surface area contributed by atoms with E-state index in [1.165, 1.54) is 6.07 Å². The molecule has 0 bridgehead atoms. The van der Waals surface area contributed by atoms with E-state index in [1.807, 2.05) is 33.0 Å². The van der Waals surface area contributed by atoms with Crippen LogP contribution < -0.4 is 10.0 Å². The van der Waals surface area contributed by atoms with Crippen LogP contribution in [0.2, 0.25) is 5.02 Å². The smallest absolute Gasteiger partial charge is 0.240 e. The van der Waals surface area contributed by atoms with Crippen molar-refractivity contribution < 1.29 is 8.42 Å². The van der Waals surface area contributed by atoms with E-state index in [9.17, 15) is 8.42 Å². The molecule has 0 radical (unpaired) electrons. The van der Waals surface area contributed by atoms with Crippen molar-refractivity contribution in [3.05, 3.63) is 28.8 Å². The Labute approximate surface area is 126 Å². The van der Waals surface area contributed by atoms with Crippen molar-refractivity contribution in [1.82, 2.24) is 14.9 Å². The van der Waals surface area contributed by atoms with Crippen LogP contribution in [-0.2, 0) is 16.6 Å². The summed E-state index contributed by atoms with van der Waals surface area (Å²) in [6.07, 6.45) is 0. The van der Waals surface area contributed by atoms with Crippen molar-refractivity contribution in [1.29, 1.82) is 0 Å². The van der Waals surface area contributed by atoms with Crippen molar-refractivity contribution in [3.63, 3.8) is 0 Å². The van der Waals surface area contributed by atoms with E-state index in [0.29, 0.717) is 18.1 Å². The minimum atomic E-state index is -3.52. The standard InChI is InChI=1S/C13H22ClN3O2S/c1-10(17(3)4)8-16-20(18,19)12-6-5-11(9-15-2)13(14)7-12/h5-7,10,15-16H,8-9H2,1-4H3. The highest BCUT2D eigenvalue weighted by Gasteiger charge is 2.17. The Hall–Kier alpha value is -0.660. The van der Waals surface area contributed by atoms with Gasteiger partial charge in [-0.2, -0.15) is 0 Å². The van der Waals surface area contributed by atoms with Crippen LogP contribution in [0.4, 0.5) is 0 Å². The predicted octanol–water partition coefficient (Wildman–Crippen LogP) is 1.29. The van der Waals surface area contributed by atoms with Crippen LogP contribution >= 0.6 is 11.6 Å². The molecular weight excluding hydrogens is 298 g/mol. The monoisotopic (exact) mass is 319 g/mol. The molecule has 5 nitrogen and oxygen atoms in total. The molecule has 0 saturated carbocycles. The molecule has 0 aliphatic carbocycles. The molecule has 20 heavy (non-hydrogen) atoms. The summed E-state index contributed by atoms with van der Waals surface area (Å²) in [6.45, 7) is 2.90. The number of hydrogen-bond acceptors (Lipinski definition) is 4. The Balaban J connectivity index is 2.85. The van der Waals surface area contributed by atoms with Gasteiger partial charge in [-0.25, -0.2) is 13.1 Å². The molecule has 1 rings (SSSR count). The summed E-state index contributed by atoms with van der Waals surface area (Å²) in [5.74, 6) is 0. The first-order valence-corrected chi connectivity index (χ1v) is 8.23. The lowest BCUT2D eigenvalue weighted by Crippen LogP contribution is -2.38. The molecule has 1 unspecified atom stereocenters. The summed E-state index contributed by atoms with van der Waals surface area (Å²) in [6, 6.07) is 4.89. The first kappa shape index (κ1) is 17.4. The highest BCUT2D eigenvalue weighted by Crippen LogP contribution is 2.20. The van der Waals surface area contributed by atoms with Crippen LogP contribution in [0.3, 0.4) is 0 Å². The van der Waals surface area contributed by atoms with E-state index in [-0.39, 0.29) is 10.9 Å². The van der Waals surface area contributed by atoms with Crippen molar-refractivity contribution in [2.75, 3.05) is 27.7 Å². The van der Waals surface area contributed by atoms with Gasteiger partial charge in [0, 0.05) is 24.2 Å². The predicted molar refractivity (Wildman–Crippen MR) is 82.6 cm³/mol. The van der Waals surface area contributed by atoms with Crippen molar-refractivity contribution in [2.45, 2.75) is 24.4 Å². The lowest BCUT2D eigenvalue weighted by Gasteiger charge is -2.20. The quantitative estimate of drug-likeness (QED) is 0.795. The molecule has 0 aliphatic heterocycles. The third-order valence-corrected chi connectivity index (χ3v) is 4.93. The second kappa shape index (κ2) is 7.38. The maximum atomic E-state index is 12.2. The van der Waals surface area contributed by atoms with Crippen molar-refractivity contribution >= 4 is 21.6 Å². The van der Waals surface area contributed by atoms with E-state index in [1.54, 1.807) is 12.1 Å². The fourth-order valence-electron chi connectivity index (χ4n) is 1.53. The zero-order chi connectivity index (χ0) is 15.3. The van der Waals surface area contributed by atoms with E-state index >= 15 is 0 Å². The summed E-state index contributed by atoms with van der Waals surface area (Å²) in [5, 5.41) is 3.43. The Morgan fingerprint density at radius 1 is 1.35 bits per heavy atom. The third kappa shape index (κ3) is 4.71. The molecule has 0 saturated heterocycles. The van der Waals surface area contributed by atoms with Gasteiger partial charge in [0.2, 0.25) is 10.0 Å². The molecule has 0 fully saturated rings. The van der Waals surface area contributed by atoms with E-state index < -0.39 is 10.0 Å². The Morgan fingerprint density at radius 2 is 2.00 bits per heavy atom. The second-order valence-corrected chi connectivity index (χ2v) is 7.12. The lowest BCUT2D eigenvalue weighted by atomic mass is 10.2. The molecule has 0 spiro atoms. The topological polar surface area (TPSA) is 61.4 Å². The third-order valence-electron chi connectivity index (χ3n) is 3.15. The first-order chi connectivity index (χ1) is 9.27. The van der Waals surface area contributed by atoms with Crippen LogP contribution in [0, 0.1) is 0 Å². The molecule has 0 amide bonds. The van der Waals surface area contributed by atoms with Gasteiger partial charge < -0.3 is 10.2 Å². The number of nitrogens with one attached hydrogen (secondary N) is 2. The number of nitrogens with zero attached hydrogens (tertiary/aromatic N) is 1. The van der Waals surface area contributed by atoms with Crippen LogP contribution in [-0.4, -0.2) is 47.0 Å². The normalized spacial score (nSPS) is 13.7. The number of hydrogen-bond donors (Lipinski definition) is 2. The van der Waals surface area contributed by atoms with Crippen LogP contribution in [0.25, 0.3) is 0 Å². The number of likely N-dealkylation sites (N-methyl/N-ethyl adjacent to an activating group) is 1. The molecular formula is C13H22ClN3O2S. The van der Waals surface area contributed by atoms with Gasteiger partial charge in [-0.3, -0.25) is 0 Å². The zero-order valence-electron chi connectivity index (χ0n) is 12.3. The minimum absolute atomic E-state index is 0.115. The van der Waals surface area contributed by atoms with Gasteiger partial charge in [-0.1, -0.05) is 17.7 Å². The molecule has 0 aliphatic rings. The number of halogens is 1. The van der Waals surface area contributed by atoms with Crippen molar-refractivity contribution in [3.8, 4) is 0 Å². The van der Waals surface area contributed by atoms with Crippen LogP contribution in [0.15, 0.2) is 23.1 Å². The number of sulfonamides is 1. The summed E-state index contributed by atoms with van der Waals surface area (Å²) in [4.78, 5) is 2.14. The maximum absolute atomic E-state index is 12.2. The van der Waals surface area contributed by atoms with Crippen LogP contribution in [0.1, 0.15) is 12.5 Å². The van der Waals surface area contributed by atoms with Gasteiger partial charge in [0.05, 0.1) is 4.90 Å². The van der Waals surface area contributed by atoms with Gasteiger partial charge in [0.25, 0.3) is 0 Å². The highest BCUT2D eigenvalue weighted by atomic mass is 35.5. The maximum Gasteiger partial charge on any atom is 0.240 e. The van der Waals surface area contributed by atoms with Crippen LogP contribution in [0.5, 0.6) is 0 Å². The first-order valence-electron chi connectivity index (χ1n) is 6.37. The summed E-state index contributed by atoms with van der Waals surface area (Å²) >= 11 is 6.09. The molecule has 114 valence electrons. The molecule has 1 aromatic carbocycles. The van der Waals surface area contributed by atoms with Gasteiger partial charge in [-0.15, -0.1) is 0 Å². The van der Waals surface area contributed by atoms with Gasteiger partial charge in [0.1, 0.15) is 0 Å². The summed E-state index contributed by atoms with van der Waals surface area (Å²) in [5.41, 5.74) is 0.870. The molecule has 1 atom stereocenters. The highest BCUT2D eigenvalue weighted by molar-refractivity contribution is 7.89. The van der Waals surface area contributed by atoms with Gasteiger partial charge in [-0.05, 0) is 45.8 Å². The van der Waals surface area contributed by atoms with E-state index in [0.717, 1.165) is 5.56 Å². The largest absolute Gasteiger partial charge is 0.316 e. The number of rotatable bonds is 7. The molecule has 2 N–H and O–H groups in total. The Bertz CT molecular complexity index is 547. The van der Waals surface area contributed by atoms with E-state index in [2.05, 4.69) is 10.0 Å². The minimum Gasteiger partial charge on any atom is -0.316 e. The zero-order valence-corrected chi connectivity index (χ0v) is 13.8. The number of benzene rings is 1. The second-order valence-electron chi connectivity index (χ2n) is 4.95. The molecule has 0 heterocycles. The van der Waals surface area contributed by atoms with E-state index in [4.69, 9.17) is 11.6 Å². The van der Waals surface area contributed by atoms with Crippen molar-refractivity contribution in [2.24, 2.45) is 0 Å². The molecule has 0 aromatic heterocycles. The fraction of sp³-hybridized carbons (Fsp3) is 0.538. The Morgan fingerprint density at radius 3 is 2.50 bits per heavy atom. The molecule has 7 heteroatoms.